The van der Waals surface area contributed by atoms with Crippen LogP contribution in [0, 0.1) is 0 Å². The number of nitrogens with zero attached hydrogens (tertiary/aromatic N) is 1. The van der Waals surface area contributed by atoms with Gasteiger partial charge in [-0.2, -0.15) is 0 Å². The van der Waals surface area contributed by atoms with E-state index in [0.29, 0.717) is 5.92 Å². The zero-order valence-electron chi connectivity index (χ0n) is 8.32. The van der Waals surface area contributed by atoms with Crippen LogP contribution in [-0.2, 0) is 4.74 Å². The lowest BCUT2D eigenvalue weighted by Gasteiger charge is -2.08. The standard InChI is InChI=1S/C10H17NOS/c1-3-4-6-12-8-9(2)10-11-5-7-13-10/h5,7,9H,3-4,6,8H2,1-2H3. The zero-order valence-corrected chi connectivity index (χ0v) is 9.14. The number of aromatic nitrogens is 1. The highest BCUT2D eigenvalue weighted by Gasteiger charge is 2.07. The maximum atomic E-state index is 5.53. The summed E-state index contributed by atoms with van der Waals surface area (Å²) in [7, 11) is 0. The summed E-state index contributed by atoms with van der Waals surface area (Å²) in [5, 5.41) is 3.19. The van der Waals surface area contributed by atoms with Crippen molar-refractivity contribution < 1.29 is 4.74 Å². The summed E-state index contributed by atoms with van der Waals surface area (Å²) in [4.78, 5) is 4.25. The molecule has 0 aromatic carbocycles. The largest absolute Gasteiger partial charge is 0.381 e. The van der Waals surface area contributed by atoms with Gasteiger partial charge in [0.1, 0.15) is 0 Å². The fraction of sp³-hybridized carbons (Fsp3) is 0.700. The van der Waals surface area contributed by atoms with E-state index in [1.54, 1.807) is 11.3 Å². The van der Waals surface area contributed by atoms with Gasteiger partial charge in [0.05, 0.1) is 11.6 Å². The van der Waals surface area contributed by atoms with Gasteiger partial charge in [0, 0.05) is 24.1 Å². The molecule has 74 valence electrons. The molecule has 0 amide bonds. The van der Waals surface area contributed by atoms with Gasteiger partial charge in [-0.3, -0.25) is 0 Å². The normalized spacial score (nSPS) is 13.1. The van der Waals surface area contributed by atoms with Crippen LogP contribution in [0.4, 0.5) is 0 Å². The third-order valence-electron chi connectivity index (χ3n) is 1.88. The van der Waals surface area contributed by atoms with Gasteiger partial charge >= 0.3 is 0 Å². The van der Waals surface area contributed by atoms with Crippen LogP contribution in [0.15, 0.2) is 11.6 Å². The van der Waals surface area contributed by atoms with E-state index in [-0.39, 0.29) is 0 Å². The Morgan fingerprint density at radius 3 is 3.08 bits per heavy atom. The minimum Gasteiger partial charge on any atom is -0.381 e. The molecule has 1 atom stereocenters. The molecular weight excluding hydrogens is 182 g/mol. The molecule has 0 aliphatic heterocycles. The Balaban J connectivity index is 2.15. The molecule has 0 bridgehead atoms. The Morgan fingerprint density at radius 2 is 2.46 bits per heavy atom. The number of hydrogen-bond acceptors (Lipinski definition) is 3. The maximum absolute atomic E-state index is 5.53. The highest BCUT2D eigenvalue weighted by atomic mass is 32.1. The second-order valence-corrected chi connectivity index (χ2v) is 4.13. The van der Waals surface area contributed by atoms with E-state index in [1.807, 2.05) is 11.6 Å². The predicted molar refractivity (Wildman–Crippen MR) is 56.3 cm³/mol. The third-order valence-corrected chi connectivity index (χ3v) is 2.89. The summed E-state index contributed by atoms with van der Waals surface area (Å²) in [6.07, 6.45) is 4.21. The van der Waals surface area contributed by atoms with Gasteiger partial charge in [-0.15, -0.1) is 11.3 Å². The van der Waals surface area contributed by atoms with Gasteiger partial charge in [0.25, 0.3) is 0 Å². The lowest BCUT2D eigenvalue weighted by molar-refractivity contribution is 0.120. The number of rotatable bonds is 6. The molecular formula is C10H17NOS. The molecule has 1 aromatic heterocycles. The molecule has 1 aromatic rings. The van der Waals surface area contributed by atoms with Crippen LogP contribution in [0.25, 0.3) is 0 Å². The Labute approximate surface area is 84.0 Å². The number of hydrogen-bond donors (Lipinski definition) is 0. The minimum atomic E-state index is 0.442. The molecule has 0 radical (unpaired) electrons. The topological polar surface area (TPSA) is 22.1 Å². The first-order valence-corrected chi connectivity index (χ1v) is 5.69. The summed E-state index contributed by atoms with van der Waals surface area (Å²) < 4.78 is 5.53. The zero-order chi connectivity index (χ0) is 9.52. The lowest BCUT2D eigenvalue weighted by Crippen LogP contribution is -2.04. The van der Waals surface area contributed by atoms with Crippen molar-refractivity contribution in [1.82, 2.24) is 4.98 Å². The molecule has 13 heavy (non-hydrogen) atoms. The first-order valence-electron chi connectivity index (χ1n) is 4.81. The van der Waals surface area contributed by atoms with Gasteiger partial charge in [-0.1, -0.05) is 20.3 Å². The van der Waals surface area contributed by atoms with Crippen molar-refractivity contribution >= 4 is 11.3 Å². The van der Waals surface area contributed by atoms with Crippen LogP contribution in [0.2, 0.25) is 0 Å². The molecule has 0 aliphatic rings. The second-order valence-electron chi connectivity index (χ2n) is 3.20. The smallest absolute Gasteiger partial charge is 0.0976 e. The molecule has 3 heteroatoms. The van der Waals surface area contributed by atoms with Crippen LogP contribution in [0.3, 0.4) is 0 Å². The lowest BCUT2D eigenvalue weighted by atomic mass is 10.2. The monoisotopic (exact) mass is 199 g/mol. The van der Waals surface area contributed by atoms with Crippen LogP contribution >= 0.6 is 11.3 Å². The predicted octanol–water partition coefficient (Wildman–Crippen LogP) is 3.06. The van der Waals surface area contributed by atoms with Crippen LogP contribution in [-0.4, -0.2) is 18.2 Å². The Bertz CT molecular complexity index is 211. The highest BCUT2D eigenvalue weighted by Crippen LogP contribution is 2.17. The fourth-order valence-electron chi connectivity index (χ4n) is 1.06. The van der Waals surface area contributed by atoms with Gasteiger partial charge in [-0.05, 0) is 6.42 Å². The minimum absolute atomic E-state index is 0.442. The molecule has 1 unspecified atom stereocenters. The summed E-state index contributed by atoms with van der Waals surface area (Å²) in [6, 6.07) is 0. The molecule has 0 spiro atoms. The molecule has 0 saturated heterocycles. The summed E-state index contributed by atoms with van der Waals surface area (Å²) in [6.45, 7) is 6.01. The van der Waals surface area contributed by atoms with E-state index in [1.165, 1.54) is 11.4 Å². The Hall–Kier alpha value is -0.410. The van der Waals surface area contributed by atoms with Crippen LogP contribution < -0.4 is 0 Å². The van der Waals surface area contributed by atoms with Crippen molar-refractivity contribution in [2.24, 2.45) is 0 Å². The Kier molecular flexibility index (Phi) is 5.01. The van der Waals surface area contributed by atoms with Crippen molar-refractivity contribution in [3.8, 4) is 0 Å². The molecule has 2 nitrogen and oxygen atoms in total. The molecule has 0 saturated carbocycles. The number of ether oxygens (including phenoxy) is 1. The first kappa shape index (κ1) is 10.7. The average molecular weight is 199 g/mol. The second kappa shape index (κ2) is 6.11. The molecule has 0 aliphatic carbocycles. The van der Waals surface area contributed by atoms with E-state index >= 15 is 0 Å². The van der Waals surface area contributed by atoms with E-state index in [4.69, 9.17) is 4.74 Å². The average Bonchev–Trinajstić information content (AvgIpc) is 2.65. The summed E-state index contributed by atoms with van der Waals surface area (Å²) in [5.74, 6) is 0.442. The van der Waals surface area contributed by atoms with E-state index in [2.05, 4.69) is 18.8 Å². The SMILES string of the molecule is CCCCOCC(C)c1nccs1. The van der Waals surface area contributed by atoms with Gasteiger partial charge in [0.15, 0.2) is 0 Å². The third kappa shape index (κ3) is 3.87. The van der Waals surface area contributed by atoms with Crippen LogP contribution in [0.1, 0.15) is 37.6 Å². The van der Waals surface area contributed by atoms with Crippen LogP contribution in [0.5, 0.6) is 0 Å². The number of unbranched alkanes of at least 4 members (excludes halogenated alkanes) is 1. The maximum Gasteiger partial charge on any atom is 0.0976 e. The van der Waals surface area contributed by atoms with Gasteiger partial charge in [-0.25, -0.2) is 4.98 Å². The van der Waals surface area contributed by atoms with Crippen molar-refractivity contribution in [1.29, 1.82) is 0 Å². The van der Waals surface area contributed by atoms with E-state index < -0.39 is 0 Å². The quantitative estimate of drug-likeness (QED) is 0.657. The molecule has 0 fully saturated rings. The first-order chi connectivity index (χ1) is 6.34. The summed E-state index contributed by atoms with van der Waals surface area (Å²) in [5.41, 5.74) is 0. The Morgan fingerprint density at radius 1 is 1.62 bits per heavy atom. The molecule has 0 N–H and O–H groups in total. The van der Waals surface area contributed by atoms with Crippen molar-refractivity contribution in [3.05, 3.63) is 16.6 Å². The van der Waals surface area contributed by atoms with Crippen molar-refractivity contribution in [2.45, 2.75) is 32.6 Å². The molecule has 1 heterocycles. The fourth-order valence-corrected chi connectivity index (χ4v) is 1.74. The highest BCUT2D eigenvalue weighted by molar-refractivity contribution is 7.09. The van der Waals surface area contributed by atoms with Gasteiger partial charge < -0.3 is 4.74 Å². The van der Waals surface area contributed by atoms with E-state index in [0.717, 1.165) is 19.6 Å². The van der Waals surface area contributed by atoms with E-state index in [9.17, 15) is 0 Å². The summed E-state index contributed by atoms with van der Waals surface area (Å²) >= 11 is 1.70. The van der Waals surface area contributed by atoms with Crippen molar-refractivity contribution in [2.75, 3.05) is 13.2 Å². The number of thiazole rings is 1. The van der Waals surface area contributed by atoms with Crippen molar-refractivity contribution in [3.63, 3.8) is 0 Å². The van der Waals surface area contributed by atoms with Gasteiger partial charge in [0.2, 0.25) is 0 Å². The molecule has 1 rings (SSSR count).